The molecule has 2 rings (SSSR count). The molecule has 1 aromatic rings. The molecule has 1 aliphatic rings. The second-order valence-corrected chi connectivity index (χ2v) is 4.96. The van der Waals surface area contributed by atoms with Crippen LogP contribution in [0.4, 0.5) is 5.69 Å². The summed E-state index contributed by atoms with van der Waals surface area (Å²) in [6, 6.07) is 6.85. The number of nitrogens with one attached hydrogen (secondary N) is 1. The topological polar surface area (TPSA) is 35.8 Å². The van der Waals surface area contributed by atoms with Crippen molar-refractivity contribution in [3.63, 3.8) is 0 Å². The molecule has 0 fully saturated rings. The number of anilines is 1. The first kappa shape index (κ1) is 10.4. The van der Waals surface area contributed by atoms with E-state index in [2.05, 4.69) is 37.4 Å². The molecule has 2 nitrogen and oxygen atoms in total. The lowest BCUT2D eigenvalue weighted by Crippen LogP contribution is -2.26. The number of hydrogen-bond acceptors (Lipinski definition) is 3. The Bertz CT molecular complexity index is 420. The molecular weight excluding hydrogens is 204 g/mol. The van der Waals surface area contributed by atoms with Crippen molar-refractivity contribution in [3.05, 3.63) is 23.3 Å². The van der Waals surface area contributed by atoms with Gasteiger partial charge in [-0.15, -0.1) is 11.8 Å². The number of nitriles is 1. The molecule has 1 heterocycles. The predicted octanol–water partition coefficient (Wildman–Crippen LogP) is 3.10. The minimum Gasteiger partial charge on any atom is -0.379 e. The molecule has 0 saturated heterocycles. The number of aryl methyl sites for hydroxylation is 1. The average molecular weight is 218 g/mol. The van der Waals surface area contributed by atoms with Gasteiger partial charge in [-0.1, -0.05) is 6.07 Å². The maximum Gasteiger partial charge on any atom is 0.0643 e. The number of rotatable bonds is 1. The van der Waals surface area contributed by atoms with E-state index in [4.69, 9.17) is 5.26 Å². The molecule has 1 aliphatic heterocycles. The Morgan fingerprint density at radius 3 is 3.07 bits per heavy atom. The molecule has 3 heteroatoms. The van der Waals surface area contributed by atoms with Crippen LogP contribution in [0.3, 0.4) is 0 Å². The molecule has 0 aromatic heterocycles. The third-order valence-electron chi connectivity index (χ3n) is 2.82. The number of hydrogen-bond donors (Lipinski definition) is 1. The first-order chi connectivity index (χ1) is 7.22. The van der Waals surface area contributed by atoms with E-state index in [1.807, 2.05) is 11.8 Å². The molecule has 78 valence electrons. The van der Waals surface area contributed by atoms with Gasteiger partial charge in [0.05, 0.1) is 18.2 Å². The van der Waals surface area contributed by atoms with Gasteiger partial charge in [-0.3, -0.25) is 0 Å². The second kappa shape index (κ2) is 4.16. The summed E-state index contributed by atoms with van der Waals surface area (Å²) in [5.74, 6) is 0.989. The molecule has 1 unspecified atom stereocenters. The predicted molar refractivity (Wildman–Crippen MR) is 64.3 cm³/mol. The van der Waals surface area contributed by atoms with Gasteiger partial charge >= 0.3 is 0 Å². The molecule has 0 amide bonds. The summed E-state index contributed by atoms with van der Waals surface area (Å²) >= 11 is 1.85. The van der Waals surface area contributed by atoms with Gasteiger partial charge in [0, 0.05) is 16.7 Å². The van der Waals surface area contributed by atoms with Crippen LogP contribution in [0.25, 0.3) is 0 Å². The second-order valence-electron chi connectivity index (χ2n) is 3.90. The van der Waals surface area contributed by atoms with Crippen molar-refractivity contribution < 1.29 is 0 Å². The maximum absolute atomic E-state index is 8.69. The number of thioether (sulfide) groups is 1. The highest BCUT2D eigenvalue weighted by molar-refractivity contribution is 7.99. The van der Waals surface area contributed by atoms with Crippen LogP contribution in [0.15, 0.2) is 17.0 Å². The van der Waals surface area contributed by atoms with Gasteiger partial charge in [-0.25, -0.2) is 0 Å². The van der Waals surface area contributed by atoms with Crippen LogP contribution in [-0.4, -0.2) is 11.8 Å². The Labute approximate surface area is 94.7 Å². The molecule has 1 atom stereocenters. The van der Waals surface area contributed by atoms with Crippen LogP contribution in [0, 0.1) is 25.2 Å². The Kier molecular flexibility index (Phi) is 2.88. The number of nitrogens with zero attached hydrogens (tertiary/aromatic N) is 1. The molecular formula is C12H14N2S. The smallest absolute Gasteiger partial charge is 0.0643 e. The summed E-state index contributed by atoms with van der Waals surface area (Å²) in [6.45, 7) is 4.26. The lowest BCUT2D eigenvalue weighted by Gasteiger charge is -2.27. The van der Waals surface area contributed by atoms with Crippen LogP contribution < -0.4 is 5.32 Å². The van der Waals surface area contributed by atoms with Crippen molar-refractivity contribution in [3.8, 4) is 6.07 Å². The minimum atomic E-state index is 0.299. The molecule has 0 radical (unpaired) electrons. The van der Waals surface area contributed by atoms with Gasteiger partial charge in [0.25, 0.3) is 0 Å². The monoisotopic (exact) mass is 218 g/mol. The van der Waals surface area contributed by atoms with Crippen molar-refractivity contribution in [2.24, 2.45) is 0 Å². The molecule has 0 saturated carbocycles. The first-order valence-electron chi connectivity index (χ1n) is 5.09. The minimum absolute atomic E-state index is 0.299. The van der Waals surface area contributed by atoms with Crippen LogP contribution in [-0.2, 0) is 0 Å². The third-order valence-corrected chi connectivity index (χ3v) is 4.04. The average Bonchev–Trinajstić information content (AvgIpc) is 2.25. The molecule has 1 aromatic carbocycles. The molecule has 1 N–H and O–H groups in total. The zero-order chi connectivity index (χ0) is 10.8. The lowest BCUT2D eigenvalue weighted by molar-refractivity contribution is 0.817. The van der Waals surface area contributed by atoms with Crippen LogP contribution in [0.5, 0.6) is 0 Å². The fraction of sp³-hybridized carbons (Fsp3) is 0.417. The van der Waals surface area contributed by atoms with E-state index in [1.165, 1.54) is 21.7 Å². The summed E-state index contributed by atoms with van der Waals surface area (Å²) in [5.41, 5.74) is 3.84. The van der Waals surface area contributed by atoms with E-state index in [1.54, 1.807) is 0 Å². The Morgan fingerprint density at radius 1 is 1.53 bits per heavy atom. The lowest BCUT2D eigenvalue weighted by atomic mass is 10.1. The zero-order valence-corrected chi connectivity index (χ0v) is 9.82. The van der Waals surface area contributed by atoms with E-state index in [9.17, 15) is 0 Å². The van der Waals surface area contributed by atoms with E-state index >= 15 is 0 Å². The van der Waals surface area contributed by atoms with Gasteiger partial charge in [-0.2, -0.15) is 5.26 Å². The third kappa shape index (κ3) is 1.95. The molecule has 0 aliphatic carbocycles. The van der Waals surface area contributed by atoms with Crippen LogP contribution >= 0.6 is 11.8 Å². The van der Waals surface area contributed by atoms with Crippen molar-refractivity contribution >= 4 is 17.4 Å². The van der Waals surface area contributed by atoms with Crippen molar-refractivity contribution in [2.45, 2.75) is 31.2 Å². The van der Waals surface area contributed by atoms with Crippen molar-refractivity contribution in [2.75, 3.05) is 11.1 Å². The molecule has 0 spiro atoms. The highest BCUT2D eigenvalue weighted by atomic mass is 32.2. The summed E-state index contributed by atoms with van der Waals surface area (Å²) in [5, 5.41) is 12.2. The number of benzene rings is 1. The summed E-state index contributed by atoms with van der Waals surface area (Å²) in [7, 11) is 0. The normalized spacial score (nSPS) is 18.9. The van der Waals surface area contributed by atoms with Crippen LogP contribution in [0.1, 0.15) is 17.5 Å². The fourth-order valence-corrected chi connectivity index (χ4v) is 2.85. The van der Waals surface area contributed by atoms with Gasteiger partial charge in [0.15, 0.2) is 0 Å². The zero-order valence-electron chi connectivity index (χ0n) is 9.00. The maximum atomic E-state index is 8.69. The van der Waals surface area contributed by atoms with Gasteiger partial charge in [-0.05, 0) is 31.0 Å². The van der Waals surface area contributed by atoms with Crippen molar-refractivity contribution in [1.82, 2.24) is 0 Å². The summed E-state index contributed by atoms with van der Waals surface area (Å²) in [4.78, 5) is 1.31. The summed E-state index contributed by atoms with van der Waals surface area (Å²) in [6.07, 6.45) is 0.583. The van der Waals surface area contributed by atoms with Gasteiger partial charge in [0.1, 0.15) is 0 Å². The van der Waals surface area contributed by atoms with Gasteiger partial charge in [0.2, 0.25) is 0 Å². The quantitative estimate of drug-likeness (QED) is 0.786. The first-order valence-corrected chi connectivity index (χ1v) is 6.07. The standard InChI is InChI=1S/C12H14N2S/c1-8-3-4-11-12(9(8)2)14-10(5-6-13)7-15-11/h3-4,10,14H,5,7H2,1-2H3. The van der Waals surface area contributed by atoms with E-state index < -0.39 is 0 Å². The highest BCUT2D eigenvalue weighted by Gasteiger charge is 2.19. The number of fused-ring (bicyclic) bond motifs is 1. The Balaban J connectivity index is 2.32. The molecule has 0 bridgehead atoms. The SMILES string of the molecule is Cc1ccc2c(c1C)NC(CC#N)CS2. The largest absolute Gasteiger partial charge is 0.379 e. The molecule has 15 heavy (non-hydrogen) atoms. The fourth-order valence-electron chi connectivity index (χ4n) is 1.75. The van der Waals surface area contributed by atoms with Gasteiger partial charge < -0.3 is 5.32 Å². The van der Waals surface area contributed by atoms with E-state index in [-0.39, 0.29) is 0 Å². The van der Waals surface area contributed by atoms with E-state index in [0.29, 0.717) is 12.5 Å². The highest BCUT2D eigenvalue weighted by Crippen LogP contribution is 2.37. The Hall–Kier alpha value is -1.14. The van der Waals surface area contributed by atoms with Crippen LogP contribution in [0.2, 0.25) is 0 Å². The van der Waals surface area contributed by atoms with E-state index in [0.717, 1.165) is 5.75 Å². The van der Waals surface area contributed by atoms with Crippen molar-refractivity contribution in [1.29, 1.82) is 5.26 Å². The Morgan fingerprint density at radius 2 is 2.33 bits per heavy atom. The summed E-state index contributed by atoms with van der Waals surface area (Å²) < 4.78 is 0.